The second-order valence-electron chi connectivity index (χ2n) is 6.74. The van der Waals surface area contributed by atoms with E-state index in [4.69, 9.17) is 16.2 Å². The molecule has 1 heterocycles. The van der Waals surface area contributed by atoms with Crippen molar-refractivity contribution in [2.75, 3.05) is 31.7 Å². The van der Waals surface area contributed by atoms with Gasteiger partial charge in [-0.2, -0.15) is 0 Å². The number of amides is 1. The molecular formula is C20H27N7O2. The lowest BCUT2D eigenvalue weighted by Crippen LogP contribution is -2.32. The number of nitrogens with zero attached hydrogens (tertiary/aromatic N) is 4. The molecule has 1 amide bonds. The predicted octanol–water partition coefficient (Wildman–Crippen LogP) is 3.21. The third-order valence-corrected chi connectivity index (χ3v) is 3.79. The quantitative estimate of drug-likeness (QED) is 0.440. The number of nitrogens with two attached hydrogens (primary N) is 2. The first-order valence-corrected chi connectivity index (χ1v) is 9.10. The van der Waals surface area contributed by atoms with Crippen LogP contribution >= 0.6 is 0 Å². The van der Waals surface area contributed by atoms with Crippen LogP contribution in [0.3, 0.4) is 0 Å². The van der Waals surface area contributed by atoms with E-state index < -0.39 is 6.04 Å². The molecule has 0 unspecified atom stereocenters. The fourth-order valence-electron chi connectivity index (χ4n) is 2.15. The molecule has 0 aliphatic carbocycles. The summed E-state index contributed by atoms with van der Waals surface area (Å²) in [6.07, 6.45) is 0.698. The Morgan fingerprint density at radius 1 is 1.24 bits per heavy atom. The maximum atomic E-state index is 11.6. The van der Waals surface area contributed by atoms with Gasteiger partial charge in [-0.25, -0.2) is 4.98 Å². The average Bonchev–Trinajstić information content (AvgIpc) is 2.66. The Labute approximate surface area is 170 Å². The number of nitrogen functional groups attached to an aromatic ring is 1. The summed E-state index contributed by atoms with van der Waals surface area (Å²) in [6, 6.07) is 9.79. The molecule has 0 saturated carbocycles. The molecule has 29 heavy (non-hydrogen) atoms. The molecule has 0 saturated heterocycles. The molecule has 0 aliphatic heterocycles. The van der Waals surface area contributed by atoms with E-state index in [0.717, 1.165) is 6.54 Å². The minimum Gasteiger partial charge on any atom is -0.460 e. The zero-order chi connectivity index (χ0) is 21.4. The van der Waals surface area contributed by atoms with Gasteiger partial charge in [-0.3, -0.25) is 4.79 Å². The van der Waals surface area contributed by atoms with Crippen LogP contribution in [0, 0.1) is 0 Å². The van der Waals surface area contributed by atoms with Crippen molar-refractivity contribution in [1.29, 1.82) is 0 Å². The van der Waals surface area contributed by atoms with Gasteiger partial charge in [0, 0.05) is 13.0 Å². The number of para-hydroxylation sites is 1. The molecule has 0 radical (unpaired) electrons. The second-order valence-corrected chi connectivity index (χ2v) is 6.74. The Kier molecular flexibility index (Phi) is 7.81. The number of anilines is 2. The van der Waals surface area contributed by atoms with Gasteiger partial charge >= 0.3 is 0 Å². The van der Waals surface area contributed by atoms with Crippen molar-refractivity contribution in [3.05, 3.63) is 48.7 Å². The van der Waals surface area contributed by atoms with Crippen LogP contribution in [0.15, 0.2) is 59.0 Å². The van der Waals surface area contributed by atoms with Crippen LogP contribution in [0.5, 0.6) is 5.75 Å². The number of hydrogen-bond donors (Lipinski definition) is 3. The Balaban J connectivity index is 2.12. The third-order valence-electron chi connectivity index (χ3n) is 3.79. The Bertz CT molecular complexity index is 894. The lowest BCUT2D eigenvalue weighted by Gasteiger charge is -2.13. The van der Waals surface area contributed by atoms with Gasteiger partial charge in [0.15, 0.2) is 11.6 Å². The van der Waals surface area contributed by atoms with Crippen LogP contribution in [0.4, 0.5) is 23.0 Å². The van der Waals surface area contributed by atoms with Crippen molar-refractivity contribution >= 4 is 28.9 Å². The first-order chi connectivity index (χ1) is 13.8. The number of aromatic nitrogens is 1. The largest absolute Gasteiger partial charge is 0.460 e. The van der Waals surface area contributed by atoms with E-state index in [-0.39, 0.29) is 11.7 Å². The van der Waals surface area contributed by atoms with Crippen molar-refractivity contribution in [3.8, 4) is 5.75 Å². The highest BCUT2D eigenvalue weighted by atomic mass is 16.5. The fraction of sp³-hybridized carbons (Fsp3) is 0.300. The van der Waals surface area contributed by atoms with E-state index in [9.17, 15) is 4.79 Å². The summed E-state index contributed by atoms with van der Waals surface area (Å²) < 4.78 is 5.82. The number of azo groups is 1. The number of benzene rings is 1. The molecular weight excluding hydrogens is 370 g/mol. The summed E-state index contributed by atoms with van der Waals surface area (Å²) in [5, 5.41) is 11.0. The number of hydrogen-bond acceptors (Lipinski definition) is 8. The minimum atomic E-state index is -0.652. The Hall–Kier alpha value is -3.30. The van der Waals surface area contributed by atoms with Crippen LogP contribution in [-0.2, 0) is 4.79 Å². The SMILES string of the molecule is C=C(CCN(C)C)Oc1ccccc1/N=N/c1ccc(NC(=O)[C@H](C)N)nc1N. The van der Waals surface area contributed by atoms with Gasteiger partial charge in [-0.1, -0.05) is 18.7 Å². The van der Waals surface area contributed by atoms with Crippen molar-refractivity contribution in [2.45, 2.75) is 19.4 Å². The lowest BCUT2D eigenvalue weighted by molar-refractivity contribution is -0.117. The summed E-state index contributed by atoms with van der Waals surface area (Å²) in [4.78, 5) is 17.8. The molecule has 5 N–H and O–H groups in total. The van der Waals surface area contributed by atoms with Crippen molar-refractivity contribution in [2.24, 2.45) is 16.0 Å². The van der Waals surface area contributed by atoms with Crippen LogP contribution in [0.2, 0.25) is 0 Å². The van der Waals surface area contributed by atoms with Gasteiger partial charge in [0.25, 0.3) is 0 Å². The third kappa shape index (κ3) is 6.98. The fourth-order valence-corrected chi connectivity index (χ4v) is 2.15. The molecule has 2 rings (SSSR count). The summed E-state index contributed by atoms with van der Waals surface area (Å²) >= 11 is 0. The number of rotatable bonds is 9. The highest BCUT2D eigenvalue weighted by Gasteiger charge is 2.10. The van der Waals surface area contributed by atoms with Crippen molar-refractivity contribution in [3.63, 3.8) is 0 Å². The molecule has 0 spiro atoms. The molecule has 9 heteroatoms. The smallest absolute Gasteiger partial charge is 0.242 e. The summed E-state index contributed by atoms with van der Waals surface area (Å²) in [5.41, 5.74) is 12.3. The normalized spacial score (nSPS) is 12.2. The molecule has 2 aromatic rings. The zero-order valence-corrected chi connectivity index (χ0v) is 16.9. The molecule has 154 valence electrons. The number of carbonyl (C=O) groups is 1. The minimum absolute atomic E-state index is 0.130. The lowest BCUT2D eigenvalue weighted by atomic mass is 10.3. The van der Waals surface area contributed by atoms with Crippen molar-refractivity contribution < 1.29 is 9.53 Å². The number of nitrogens with one attached hydrogen (secondary N) is 1. The number of carbonyl (C=O) groups excluding carboxylic acids is 1. The molecule has 1 aromatic carbocycles. The first kappa shape index (κ1) is 22.0. The van der Waals surface area contributed by atoms with Gasteiger partial charge in [-0.05, 0) is 45.3 Å². The van der Waals surface area contributed by atoms with Gasteiger partial charge < -0.3 is 26.4 Å². The van der Waals surface area contributed by atoms with E-state index in [1.807, 2.05) is 26.2 Å². The van der Waals surface area contributed by atoms with E-state index in [0.29, 0.717) is 35.1 Å². The highest BCUT2D eigenvalue weighted by molar-refractivity contribution is 5.93. The van der Waals surface area contributed by atoms with Gasteiger partial charge in [0.05, 0.1) is 11.8 Å². The second kappa shape index (κ2) is 10.3. The Morgan fingerprint density at radius 3 is 2.59 bits per heavy atom. The van der Waals surface area contributed by atoms with E-state index in [2.05, 4.69) is 32.0 Å². The molecule has 1 atom stereocenters. The zero-order valence-electron chi connectivity index (χ0n) is 16.9. The average molecular weight is 397 g/mol. The maximum absolute atomic E-state index is 11.6. The standard InChI is InChI=1S/C20H27N7O2/c1-13(11-12-27(3)4)29-17-8-6-5-7-15(17)25-26-16-9-10-18(23-19(16)22)24-20(28)14(2)21/h5-10,14H,1,11-12,21H2,2-4H3,(H3,22,23,24,28)/b26-25+/t14-/m0/s1. The molecule has 9 nitrogen and oxygen atoms in total. The topological polar surface area (TPSA) is 131 Å². The monoisotopic (exact) mass is 397 g/mol. The van der Waals surface area contributed by atoms with E-state index in [1.54, 1.807) is 31.2 Å². The molecule has 0 bridgehead atoms. The van der Waals surface area contributed by atoms with Crippen LogP contribution in [0.25, 0.3) is 0 Å². The maximum Gasteiger partial charge on any atom is 0.242 e. The van der Waals surface area contributed by atoms with E-state index >= 15 is 0 Å². The summed E-state index contributed by atoms with van der Waals surface area (Å²) in [6.45, 7) is 6.36. The Morgan fingerprint density at radius 2 is 1.93 bits per heavy atom. The molecule has 0 fully saturated rings. The van der Waals surface area contributed by atoms with Gasteiger partial charge in [-0.15, -0.1) is 10.2 Å². The first-order valence-electron chi connectivity index (χ1n) is 9.10. The van der Waals surface area contributed by atoms with Gasteiger partial charge in [0.1, 0.15) is 17.2 Å². The van der Waals surface area contributed by atoms with Crippen LogP contribution < -0.4 is 21.5 Å². The van der Waals surface area contributed by atoms with Crippen LogP contribution in [0.1, 0.15) is 13.3 Å². The number of ether oxygens (including phenoxy) is 1. The molecule has 1 aromatic heterocycles. The highest BCUT2D eigenvalue weighted by Crippen LogP contribution is 2.31. The van der Waals surface area contributed by atoms with E-state index in [1.165, 1.54) is 0 Å². The molecule has 0 aliphatic rings. The summed E-state index contributed by atoms with van der Waals surface area (Å²) in [7, 11) is 3.97. The predicted molar refractivity (Wildman–Crippen MR) is 114 cm³/mol. The number of pyridine rings is 1. The summed E-state index contributed by atoms with van der Waals surface area (Å²) in [5.74, 6) is 1.26. The van der Waals surface area contributed by atoms with Gasteiger partial charge in [0.2, 0.25) is 5.91 Å². The van der Waals surface area contributed by atoms with Crippen molar-refractivity contribution in [1.82, 2.24) is 9.88 Å². The van der Waals surface area contributed by atoms with Crippen LogP contribution in [-0.4, -0.2) is 42.5 Å².